The lowest BCUT2D eigenvalue weighted by Gasteiger charge is -2.21. The molecule has 0 atom stereocenters. The third kappa shape index (κ3) is 3.90. The maximum atomic E-state index is 12.9. The van der Waals surface area contributed by atoms with E-state index in [4.69, 9.17) is 14.2 Å². The minimum atomic E-state index is -0.130. The van der Waals surface area contributed by atoms with Gasteiger partial charge in [0, 0.05) is 23.7 Å². The van der Waals surface area contributed by atoms with Crippen molar-refractivity contribution in [3.05, 3.63) is 52.6 Å². The Hall–Kier alpha value is -2.99. The van der Waals surface area contributed by atoms with Crippen LogP contribution in [0.4, 0.5) is 0 Å². The van der Waals surface area contributed by atoms with Gasteiger partial charge in [-0.05, 0) is 37.9 Å². The van der Waals surface area contributed by atoms with Gasteiger partial charge in [-0.15, -0.1) is 0 Å². The van der Waals surface area contributed by atoms with Gasteiger partial charge in [-0.1, -0.05) is 12.1 Å². The summed E-state index contributed by atoms with van der Waals surface area (Å²) in [6, 6.07) is 8.68. The quantitative estimate of drug-likeness (QED) is 0.817. The largest absolute Gasteiger partial charge is 0.508 e. The van der Waals surface area contributed by atoms with Crippen LogP contribution in [0.2, 0.25) is 0 Å². The molecule has 0 radical (unpaired) electrons. The Labute approximate surface area is 158 Å². The van der Waals surface area contributed by atoms with Gasteiger partial charge in [0.2, 0.25) is 0 Å². The summed E-state index contributed by atoms with van der Waals surface area (Å²) in [6.07, 6.45) is 1.74. The van der Waals surface area contributed by atoms with Crippen LogP contribution in [-0.2, 0) is 6.54 Å². The number of phenols is 1. The van der Waals surface area contributed by atoms with Crippen molar-refractivity contribution in [3.8, 4) is 23.0 Å². The molecule has 0 fully saturated rings. The van der Waals surface area contributed by atoms with Gasteiger partial charge < -0.3 is 24.2 Å². The molecule has 1 aliphatic rings. The van der Waals surface area contributed by atoms with Crippen molar-refractivity contribution in [3.63, 3.8) is 0 Å². The van der Waals surface area contributed by atoms with Gasteiger partial charge in [0.05, 0.1) is 19.8 Å². The number of Topliss-reactive ketones (excluding diaryl/α,β-unsaturated/α-hetero) is 1. The third-order valence-corrected chi connectivity index (χ3v) is 4.34. The van der Waals surface area contributed by atoms with Gasteiger partial charge in [-0.25, -0.2) is 0 Å². The fourth-order valence-corrected chi connectivity index (χ4v) is 3.00. The van der Waals surface area contributed by atoms with Crippen LogP contribution in [0.25, 0.3) is 6.08 Å². The standard InChI is InChI=1S/C21H23NO5/c1-22(2)11-14-6-5-13(8-17(14)23)7-15-12-27-18-10-20(26-4)19(25-3)9-16(18)21(15)24/h5-10,23H,11-12H2,1-4H3/b15-7+. The van der Waals surface area contributed by atoms with Crippen molar-refractivity contribution in [2.45, 2.75) is 6.54 Å². The molecule has 1 N–H and O–H groups in total. The monoisotopic (exact) mass is 369 g/mol. The summed E-state index contributed by atoms with van der Waals surface area (Å²) >= 11 is 0. The van der Waals surface area contributed by atoms with E-state index in [1.807, 2.05) is 31.1 Å². The van der Waals surface area contributed by atoms with Gasteiger partial charge in [0.15, 0.2) is 17.3 Å². The van der Waals surface area contributed by atoms with Gasteiger partial charge >= 0.3 is 0 Å². The van der Waals surface area contributed by atoms with Gasteiger partial charge in [-0.2, -0.15) is 0 Å². The molecule has 0 bridgehead atoms. The third-order valence-electron chi connectivity index (χ3n) is 4.34. The molecule has 0 spiro atoms. The van der Waals surface area contributed by atoms with Crippen LogP contribution in [0.15, 0.2) is 35.9 Å². The smallest absolute Gasteiger partial charge is 0.196 e. The fourth-order valence-electron chi connectivity index (χ4n) is 3.00. The first-order chi connectivity index (χ1) is 12.9. The molecule has 2 aromatic rings. The number of carbonyl (C=O) groups is 1. The number of carbonyl (C=O) groups excluding carboxylic acids is 1. The second-order valence-corrected chi connectivity index (χ2v) is 6.62. The minimum absolute atomic E-state index is 0.130. The van der Waals surface area contributed by atoms with Gasteiger partial charge in [-0.3, -0.25) is 4.79 Å². The molecule has 3 rings (SSSR count). The van der Waals surface area contributed by atoms with Crippen LogP contribution in [0.1, 0.15) is 21.5 Å². The maximum Gasteiger partial charge on any atom is 0.196 e. The molecule has 2 aromatic carbocycles. The topological polar surface area (TPSA) is 68.2 Å². The highest BCUT2D eigenvalue weighted by Gasteiger charge is 2.26. The van der Waals surface area contributed by atoms with E-state index in [9.17, 15) is 9.90 Å². The molecule has 142 valence electrons. The van der Waals surface area contributed by atoms with Crippen LogP contribution in [-0.4, -0.2) is 50.7 Å². The van der Waals surface area contributed by atoms with Crippen molar-refractivity contribution in [1.29, 1.82) is 0 Å². The molecule has 6 nitrogen and oxygen atoms in total. The highest BCUT2D eigenvalue weighted by molar-refractivity contribution is 6.14. The summed E-state index contributed by atoms with van der Waals surface area (Å²) in [5, 5.41) is 10.2. The lowest BCUT2D eigenvalue weighted by Crippen LogP contribution is -2.19. The molecule has 0 saturated carbocycles. The zero-order valence-electron chi connectivity index (χ0n) is 15.9. The molecule has 27 heavy (non-hydrogen) atoms. The number of phenolic OH excluding ortho intramolecular Hbond substituents is 1. The lowest BCUT2D eigenvalue weighted by molar-refractivity contribution is 0.1000. The van der Waals surface area contributed by atoms with Crippen LogP contribution >= 0.6 is 0 Å². The van der Waals surface area contributed by atoms with Crippen LogP contribution in [0, 0.1) is 0 Å². The SMILES string of the molecule is COc1cc2c(cc1OC)C(=O)/C(=C/c1ccc(CN(C)C)c(O)c1)CO2. The Morgan fingerprint density at radius 1 is 1.15 bits per heavy atom. The first-order valence-corrected chi connectivity index (χ1v) is 8.53. The van der Waals surface area contributed by atoms with E-state index in [0.717, 1.165) is 11.1 Å². The second-order valence-electron chi connectivity index (χ2n) is 6.62. The Morgan fingerprint density at radius 2 is 1.85 bits per heavy atom. The van der Waals surface area contributed by atoms with E-state index in [-0.39, 0.29) is 18.1 Å². The maximum absolute atomic E-state index is 12.9. The first-order valence-electron chi connectivity index (χ1n) is 8.53. The predicted molar refractivity (Wildman–Crippen MR) is 103 cm³/mol. The van der Waals surface area contributed by atoms with Gasteiger partial charge in [0.1, 0.15) is 18.1 Å². The summed E-state index contributed by atoms with van der Waals surface area (Å²) in [7, 11) is 6.93. The molecule has 0 aromatic heterocycles. The Balaban J connectivity index is 1.91. The number of aromatic hydroxyl groups is 1. The zero-order valence-corrected chi connectivity index (χ0v) is 15.9. The van der Waals surface area contributed by atoms with Crippen molar-refractivity contribution in [1.82, 2.24) is 4.90 Å². The number of benzene rings is 2. The lowest BCUT2D eigenvalue weighted by atomic mass is 9.97. The summed E-state index contributed by atoms with van der Waals surface area (Å²) in [6.45, 7) is 0.793. The molecular weight excluding hydrogens is 346 g/mol. The number of ether oxygens (including phenoxy) is 3. The summed E-state index contributed by atoms with van der Waals surface area (Å²) < 4.78 is 16.3. The van der Waals surface area contributed by atoms with Crippen LogP contribution in [0.5, 0.6) is 23.0 Å². The summed E-state index contributed by atoms with van der Waals surface area (Å²) in [5.74, 6) is 1.53. The number of ketones is 1. The van der Waals surface area contributed by atoms with E-state index < -0.39 is 0 Å². The molecule has 0 amide bonds. The highest BCUT2D eigenvalue weighted by Crippen LogP contribution is 2.38. The van der Waals surface area contributed by atoms with E-state index in [1.54, 1.807) is 24.3 Å². The molecule has 0 aliphatic carbocycles. The van der Waals surface area contributed by atoms with Crippen molar-refractivity contribution >= 4 is 11.9 Å². The molecule has 1 heterocycles. The Bertz CT molecular complexity index is 902. The Kier molecular flexibility index (Phi) is 5.37. The normalized spacial score (nSPS) is 14.9. The van der Waals surface area contributed by atoms with E-state index in [0.29, 0.717) is 34.9 Å². The predicted octanol–water partition coefficient (Wildman–Crippen LogP) is 3.13. The number of hydrogen-bond acceptors (Lipinski definition) is 6. The molecule has 6 heteroatoms. The first kappa shape index (κ1) is 18.8. The van der Waals surface area contributed by atoms with E-state index in [1.165, 1.54) is 14.2 Å². The second kappa shape index (κ2) is 7.72. The highest BCUT2D eigenvalue weighted by atomic mass is 16.5. The molecule has 1 aliphatic heterocycles. The molecular formula is C21H23NO5. The molecule has 0 unspecified atom stereocenters. The Morgan fingerprint density at radius 3 is 2.48 bits per heavy atom. The fraction of sp³-hybridized carbons (Fsp3) is 0.286. The summed E-state index contributed by atoms with van der Waals surface area (Å²) in [4.78, 5) is 14.8. The van der Waals surface area contributed by atoms with Crippen molar-refractivity contribution in [2.24, 2.45) is 0 Å². The average molecular weight is 369 g/mol. The minimum Gasteiger partial charge on any atom is -0.508 e. The number of fused-ring (bicyclic) bond motifs is 1. The number of methoxy groups -OCH3 is 2. The number of rotatable bonds is 5. The van der Waals surface area contributed by atoms with E-state index >= 15 is 0 Å². The van der Waals surface area contributed by atoms with Crippen molar-refractivity contribution in [2.75, 3.05) is 34.9 Å². The van der Waals surface area contributed by atoms with Crippen molar-refractivity contribution < 1.29 is 24.1 Å². The number of nitrogens with zero attached hydrogens (tertiary/aromatic N) is 1. The zero-order chi connectivity index (χ0) is 19.6. The van der Waals surface area contributed by atoms with Crippen LogP contribution < -0.4 is 14.2 Å². The molecule has 0 saturated heterocycles. The van der Waals surface area contributed by atoms with Gasteiger partial charge in [0.25, 0.3) is 0 Å². The van der Waals surface area contributed by atoms with E-state index in [2.05, 4.69) is 0 Å². The number of hydrogen-bond donors (Lipinski definition) is 1. The average Bonchev–Trinajstić information content (AvgIpc) is 2.65. The summed E-state index contributed by atoms with van der Waals surface area (Å²) in [5.41, 5.74) is 2.51. The van der Waals surface area contributed by atoms with Crippen LogP contribution in [0.3, 0.4) is 0 Å².